The fourth-order valence-corrected chi connectivity index (χ4v) is 2.27. The van der Waals surface area contributed by atoms with Gasteiger partial charge in [0.15, 0.2) is 0 Å². The molecule has 2 heterocycles. The summed E-state index contributed by atoms with van der Waals surface area (Å²) >= 11 is 0. The van der Waals surface area contributed by atoms with Crippen LogP contribution in [0, 0.1) is 19.8 Å². The number of hydrogen-bond acceptors (Lipinski definition) is 2. The smallest absolute Gasteiger partial charge is 0.0685 e. The lowest BCUT2D eigenvalue weighted by Gasteiger charge is -2.27. The molecule has 1 aromatic heterocycles. The Morgan fingerprint density at radius 3 is 2.88 bits per heavy atom. The molecule has 0 bridgehead atoms. The van der Waals surface area contributed by atoms with E-state index in [1.54, 1.807) is 0 Å². The topological polar surface area (TPSA) is 29.9 Å². The molecule has 0 aliphatic carbocycles. The van der Waals surface area contributed by atoms with Gasteiger partial charge in [-0.25, -0.2) is 0 Å². The Morgan fingerprint density at radius 1 is 1.38 bits per heavy atom. The predicted octanol–water partition coefficient (Wildman–Crippen LogP) is 1.87. The molecule has 1 aliphatic rings. The number of nitrogens with one attached hydrogen (secondary N) is 1. The fourth-order valence-electron chi connectivity index (χ4n) is 2.27. The third-order valence-corrected chi connectivity index (χ3v) is 3.66. The molecule has 0 spiro atoms. The van der Waals surface area contributed by atoms with E-state index in [4.69, 9.17) is 0 Å². The van der Waals surface area contributed by atoms with Gasteiger partial charge in [0.2, 0.25) is 0 Å². The summed E-state index contributed by atoms with van der Waals surface area (Å²) in [5.74, 6) is 0.754. The van der Waals surface area contributed by atoms with Crippen molar-refractivity contribution in [3.63, 3.8) is 0 Å². The van der Waals surface area contributed by atoms with E-state index < -0.39 is 0 Å². The molecule has 1 aromatic carbocycles. The maximum absolute atomic E-state index is 4.51. The lowest BCUT2D eigenvalue weighted by Crippen LogP contribution is -2.44. The van der Waals surface area contributed by atoms with Crippen LogP contribution in [-0.2, 0) is 6.54 Å². The molecular weight excluding hydrogens is 198 g/mol. The molecule has 1 fully saturated rings. The van der Waals surface area contributed by atoms with Crippen LogP contribution < -0.4 is 5.32 Å². The van der Waals surface area contributed by atoms with Crippen molar-refractivity contribution in [2.75, 3.05) is 13.1 Å². The Bertz CT molecular complexity index is 523. The second kappa shape index (κ2) is 3.59. The average molecular weight is 215 g/mol. The van der Waals surface area contributed by atoms with E-state index in [0.29, 0.717) is 0 Å². The molecule has 0 amide bonds. The van der Waals surface area contributed by atoms with Gasteiger partial charge in [0.25, 0.3) is 0 Å². The summed E-state index contributed by atoms with van der Waals surface area (Å²) in [4.78, 5) is 0. The number of aromatic nitrogens is 2. The normalized spacial score (nSPS) is 16.6. The molecule has 84 valence electrons. The Hall–Kier alpha value is -1.35. The van der Waals surface area contributed by atoms with Gasteiger partial charge in [-0.3, -0.25) is 4.68 Å². The second-order valence-electron chi connectivity index (χ2n) is 4.79. The van der Waals surface area contributed by atoms with Crippen LogP contribution >= 0.6 is 0 Å². The van der Waals surface area contributed by atoms with E-state index in [1.807, 2.05) is 6.20 Å². The number of aryl methyl sites for hydroxylation is 2. The number of fused-ring (bicyclic) bond motifs is 1. The zero-order valence-corrected chi connectivity index (χ0v) is 9.83. The van der Waals surface area contributed by atoms with Gasteiger partial charge in [-0.05, 0) is 31.0 Å². The number of nitrogens with zero attached hydrogens (tertiary/aromatic N) is 2. The lowest BCUT2D eigenvalue weighted by molar-refractivity contribution is 0.299. The van der Waals surface area contributed by atoms with Crippen LogP contribution in [-0.4, -0.2) is 22.9 Å². The van der Waals surface area contributed by atoms with Gasteiger partial charge in [-0.15, -0.1) is 0 Å². The summed E-state index contributed by atoms with van der Waals surface area (Å²) in [6.45, 7) is 7.63. The zero-order chi connectivity index (χ0) is 11.1. The molecule has 0 saturated carbocycles. The van der Waals surface area contributed by atoms with E-state index in [2.05, 4.69) is 41.1 Å². The summed E-state index contributed by atoms with van der Waals surface area (Å²) in [6, 6.07) is 4.38. The van der Waals surface area contributed by atoms with Crippen LogP contribution in [0.5, 0.6) is 0 Å². The van der Waals surface area contributed by atoms with Crippen LogP contribution in [0.2, 0.25) is 0 Å². The molecule has 2 aromatic rings. The van der Waals surface area contributed by atoms with Gasteiger partial charge in [-0.2, -0.15) is 5.10 Å². The van der Waals surface area contributed by atoms with Gasteiger partial charge in [0.1, 0.15) is 0 Å². The van der Waals surface area contributed by atoms with E-state index >= 15 is 0 Å². The van der Waals surface area contributed by atoms with Gasteiger partial charge in [-0.1, -0.05) is 6.07 Å². The molecule has 3 rings (SSSR count). The predicted molar refractivity (Wildman–Crippen MR) is 65.6 cm³/mol. The molecule has 0 atom stereocenters. The molecular formula is C13H17N3. The maximum Gasteiger partial charge on any atom is 0.0685 e. The quantitative estimate of drug-likeness (QED) is 0.829. The van der Waals surface area contributed by atoms with E-state index in [0.717, 1.165) is 25.6 Å². The van der Waals surface area contributed by atoms with Gasteiger partial charge >= 0.3 is 0 Å². The first kappa shape index (κ1) is 9.85. The number of rotatable bonds is 2. The van der Waals surface area contributed by atoms with Crippen LogP contribution in [0.3, 0.4) is 0 Å². The Kier molecular flexibility index (Phi) is 2.21. The molecule has 1 N–H and O–H groups in total. The second-order valence-corrected chi connectivity index (χ2v) is 4.79. The van der Waals surface area contributed by atoms with Gasteiger partial charge in [0.05, 0.1) is 11.7 Å². The monoisotopic (exact) mass is 215 g/mol. The van der Waals surface area contributed by atoms with Crippen molar-refractivity contribution < 1.29 is 0 Å². The molecule has 16 heavy (non-hydrogen) atoms. The first-order valence-electron chi connectivity index (χ1n) is 5.88. The van der Waals surface area contributed by atoms with Crippen molar-refractivity contribution in [1.29, 1.82) is 0 Å². The van der Waals surface area contributed by atoms with Gasteiger partial charge in [0, 0.05) is 30.9 Å². The highest BCUT2D eigenvalue weighted by molar-refractivity contribution is 5.83. The molecule has 0 radical (unpaired) electrons. The minimum absolute atomic E-state index is 0.754. The third kappa shape index (κ3) is 1.43. The van der Waals surface area contributed by atoms with Crippen LogP contribution in [0.4, 0.5) is 0 Å². The van der Waals surface area contributed by atoms with Crippen LogP contribution in [0.15, 0.2) is 18.3 Å². The summed E-state index contributed by atoms with van der Waals surface area (Å²) < 4.78 is 2.15. The van der Waals surface area contributed by atoms with Crippen molar-refractivity contribution in [2.24, 2.45) is 5.92 Å². The minimum Gasteiger partial charge on any atom is -0.316 e. The standard InChI is InChI=1S/C13H17N3/c1-9-3-4-13-12(10(9)2)7-15-16(13)8-11-5-14-6-11/h3-4,7,11,14H,5-6,8H2,1-2H3. The van der Waals surface area contributed by atoms with Crippen LogP contribution in [0.1, 0.15) is 11.1 Å². The SMILES string of the molecule is Cc1ccc2c(cnn2CC2CNC2)c1C. The summed E-state index contributed by atoms with van der Waals surface area (Å²) in [7, 11) is 0. The number of benzene rings is 1. The highest BCUT2D eigenvalue weighted by Gasteiger charge is 2.18. The summed E-state index contributed by atoms with van der Waals surface area (Å²) in [5, 5.41) is 9.11. The third-order valence-electron chi connectivity index (χ3n) is 3.66. The molecule has 3 heteroatoms. The average Bonchev–Trinajstić information content (AvgIpc) is 2.61. The maximum atomic E-state index is 4.51. The van der Waals surface area contributed by atoms with E-state index in [1.165, 1.54) is 22.0 Å². The Morgan fingerprint density at radius 2 is 2.19 bits per heavy atom. The molecule has 1 saturated heterocycles. The van der Waals surface area contributed by atoms with Crippen molar-refractivity contribution >= 4 is 10.9 Å². The highest BCUT2D eigenvalue weighted by Crippen LogP contribution is 2.22. The van der Waals surface area contributed by atoms with Gasteiger partial charge < -0.3 is 5.32 Å². The number of hydrogen-bond donors (Lipinski definition) is 1. The fraction of sp³-hybridized carbons (Fsp3) is 0.462. The van der Waals surface area contributed by atoms with Crippen molar-refractivity contribution in [2.45, 2.75) is 20.4 Å². The minimum atomic E-state index is 0.754. The van der Waals surface area contributed by atoms with Crippen molar-refractivity contribution in [1.82, 2.24) is 15.1 Å². The highest BCUT2D eigenvalue weighted by atomic mass is 15.3. The largest absolute Gasteiger partial charge is 0.316 e. The van der Waals surface area contributed by atoms with Crippen molar-refractivity contribution in [3.8, 4) is 0 Å². The summed E-state index contributed by atoms with van der Waals surface area (Å²) in [6.07, 6.45) is 2.00. The molecule has 1 aliphatic heterocycles. The van der Waals surface area contributed by atoms with Crippen molar-refractivity contribution in [3.05, 3.63) is 29.5 Å². The first-order chi connectivity index (χ1) is 7.75. The van der Waals surface area contributed by atoms with E-state index in [-0.39, 0.29) is 0 Å². The van der Waals surface area contributed by atoms with E-state index in [9.17, 15) is 0 Å². The first-order valence-corrected chi connectivity index (χ1v) is 5.88. The van der Waals surface area contributed by atoms with Crippen LogP contribution in [0.25, 0.3) is 10.9 Å². The Balaban J connectivity index is 2.02. The molecule has 3 nitrogen and oxygen atoms in total. The lowest BCUT2D eigenvalue weighted by atomic mass is 10.0. The Labute approximate surface area is 95.5 Å². The molecule has 0 unspecified atom stereocenters. The zero-order valence-electron chi connectivity index (χ0n) is 9.83. The summed E-state index contributed by atoms with van der Waals surface area (Å²) in [5.41, 5.74) is 3.97.